The van der Waals surface area contributed by atoms with E-state index in [2.05, 4.69) is 56.1 Å². The average Bonchev–Trinajstić information content (AvgIpc) is 3.25. The van der Waals surface area contributed by atoms with Crippen LogP contribution >= 0.6 is 0 Å². The first-order valence-corrected chi connectivity index (χ1v) is 12.4. The summed E-state index contributed by atoms with van der Waals surface area (Å²) in [7, 11) is 1.53. The van der Waals surface area contributed by atoms with Gasteiger partial charge in [0.05, 0.1) is 25.3 Å². The van der Waals surface area contributed by atoms with Gasteiger partial charge < -0.3 is 14.5 Å². The molecule has 1 heterocycles. The van der Waals surface area contributed by atoms with Crippen LogP contribution < -0.4 is 5.32 Å². The number of hydrogen-bond donors (Lipinski definition) is 1. The Morgan fingerprint density at radius 2 is 1.97 bits per heavy atom. The van der Waals surface area contributed by atoms with E-state index >= 15 is 0 Å². The number of carbonyl (C=O) groups excluding carboxylic acids is 1. The van der Waals surface area contributed by atoms with E-state index in [0.29, 0.717) is 11.8 Å². The van der Waals surface area contributed by atoms with Gasteiger partial charge >= 0.3 is 5.97 Å². The molecule has 1 aromatic carbocycles. The second-order valence-corrected chi connectivity index (χ2v) is 10.6. The molecule has 4 nitrogen and oxygen atoms in total. The summed E-state index contributed by atoms with van der Waals surface area (Å²) in [5.41, 5.74) is 3.61. The fourth-order valence-electron chi connectivity index (χ4n) is 6.92. The lowest BCUT2D eigenvalue weighted by molar-refractivity contribution is -0.168. The van der Waals surface area contributed by atoms with Gasteiger partial charge in [0, 0.05) is 6.54 Å². The number of furan rings is 1. The van der Waals surface area contributed by atoms with Crippen molar-refractivity contribution in [3.63, 3.8) is 0 Å². The number of carbonyl (C=O) groups is 1. The van der Waals surface area contributed by atoms with Gasteiger partial charge in [0.2, 0.25) is 0 Å². The van der Waals surface area contributed by atoms with Crippen molar-refractivity contribution in [1.82, 2.24) is 5.32 Å². The van der Waals surface area contributed by atoms with E-state index in [9.17, 15) is 4.79 Å². The molecule has 2 fully saturated rings. The number of hydrogen-bond acceptors (Lipinski definition) is 4. The van der Waals surface area contributed by atoms with Crippen LogP contribution in [0.15, 0.2) is 59.2 Å². The minimum absolute atomic E-state index is 0.0358. The van der Waals surface area contributed by atoms with Crippen molar-refractivity contribution >= 4 is 5.97 Å². The van der Waals surface area contributed by atoms with Crippen LogP contribution in [0.4, 0.5) is 0 Å². The number of aryl methyl sites for hydroxylation is 1. The largest absolute Gasteiger partial charge is 0.469 e. The third-order valence-corrected chi connectivity index (χ3v) is 8.67. The molecule has 33 heavy (non-hydrogen) atoms. The maximum Gasteiger partial charge on any atom is 0.311 e. The molecule has 1 N–H and O–H groups in total. The van der Waals surface area contributed by atoms with Crippen LogP contribution in [0, 0.1) is 22.7 Å². The van der Waals surface area contributed by atoms with Crippen molar-refractivity contribution in [2.24, 2.45) is 22.7 Å². The van der Waals surface area contributed by atoms with Gasteiger partial charge in [-0.1, -0.05) is 55.8 Å². The van der Waals surface area contributed by atoms with Crippen LogP contribution in [0.25, 0.3) is 0 Å². The molecule has 0 bridgehead atoms. The minimum atomic E-state index is -0.386. The van der Waals surface area contributed by atoms with Crippen molar-refractivity contribution in [1.29, 1.82) is 0 Å². The number of esters is 1. The molecule has 4 heteroatoms. The molecule has 178 valence electrons. The molecule has 1 aromatic heterocycles. The lowest BCUT2D eigenvalue weighted by Crippen LogP contribution is -2.53. The SMILES string of the molecule is C=C1CC[C@@H]2[C@@](C)(CCC[C@@]2(C)C(=O)OC)[C@H]1CCc1ccoc1CNCc1ccccc1. The van der Waals surface area contributed by atoms with Gasteiger partial charge in [0.15, 0.2) is 0 Å². The summed E-state index contributed by atoms with van der Waals surface area (Å²) in [6.07, 6.45) is 9.04. The van der Waals surface area contributed by atoms with Crippen molar-refractivity contribution in [2.75, 3.05) is 7.11 Å². The highest BCUT2D eigenvalue weighted by atomic mass is 16.5. The van der Waals surface area contributed by atoms with Gasteiger partial charge in [-0.2, -0.15) is 0 Å². The third-order valence-electron chi connectivity index (χ3n) is 8.67. The zero-order valence-corrected chi connectivity index (χ0v) is 20.5. The molecule has 2 aromatic rings. The highest BCUT2D eigenvalue weighted by Crippen LogP contribution is 2.62. The number of fused-ring (bicyclic) bond motifs is 1. The van der Waals surface area contributed by atoms with Gasteiger partial charge in [0.25, 0.3) is 0 Å². The molecule has 0 amide bonds. The maximum atomic E-state index is 12.8. The van der Waals surface area contributed by atoms with Gasteiger partial charge in [-0.25, -0.2) is 0 Å². The first-order chi connectivity index (χ1) is 15.9. The molecule has 2 aliphatic rings. The monoisotopic (exact) mass is 449 g/mol. The Morgan fingerprint density at radius 1 is 1.18 bits per heavy atom. The Hall–Kier alpha value is -2.33. The third kappa shape index (κ3) is 4.68. The maximum absolute atomic E-state index is 12.8. The summed E-state index contributed by atoms with van der Waals surface area (Å²) < 4.78 is 11.1. The Bertz CT molecular complexity index is 964. The molecule has 4 atom stereocenters. The number of rotatable bonds is 8. The van der Waals surface area contributed by atoms with E-state index in [1.807, 2.05) is 12.3 Å². The van der Waals surface area contributed by atoms with Crippen LogP contribution in [-0.2, 0) is 29.0 Å². The minimum Gasteiger partial charge on any atom is -0.469 e. The summed E-state index contributed by atoms with van der Waals surface area (Å²) in [4.78, 5) is 12.8. The van der Waals surface area contributed by atoms with Crippen molar-refractivity contribution in [3.8, 4) is 0 Å². The first kappa shape index (κ1) is 23.8. The van der Waals surface area contributed by atoms with E-state index in [1.54, 1.807) is 0 Å². The fraction of sp³-hybridized carbons (Fsp3) is 0.552. The molecular formula is C29H39NO3. The van der Waals surface area contributed by atoms with Gasteiger partial charge in [-0.15, -0.1) is 0 Å². The summed E-state index contributed by atoms with van der Waals surface area (Å²) >= 11 is 0. The predicted octanol–water partition coefficient (Wildman–Crippen LogP) is 6.45. The van der Waals surface area contributed by atoms with E-state index in [0.717, 1.165) is 63.8 Å². The summed E-state index contributed by atoms with van der Waals surface area (Å²) in [6, 6.07) is 12.6. The Kier molecular flexibility index (Phi) is 7.13. The Balaban J connectivity index is 1.43. The summed E-state index contributed by atoms with van der Waals surface area (Å²) in [5.74, 6) is 1.75. The molecule has 4 rings (SSSR count). The quantitative estimate of drug-likeness (QED) is 0.371. The van der Waals surface area contributed by atoms with E-state index in [-0.39, 0.29) is 16.8 Å². The van der Waals surface area contributed by atoms with Crippen LogP contribution in [-0.4, -0.2) is 13.1 Å². The van der Waals surface area contributed by atoms with Crippen molar-refractivity contribution in [3.05, 3.63) is 71.7 Å². The van der Waals surface area contributed by atoms with E-state index < -0.39 is 0 Å². The summed E-state index contributed by atoms with van der Waals surface area (Å²) in [5, 5.41) is 3.51. The lowest BCUT2D eigenvalue weighted by atomic mass is 9.46. The normalized spacial score (nSPS) is 29.5. The number of methoxy groups -OCH3 is 1. The fourth-order valence-corrected chi connectivity index (χ4v) is 6.92. The van der Waals surface area contributed by atoms with Gasteiger partial charge in [-0.05, 0) is 79.9 Å². The zero-order valence-electron chi connectivity index (χ0n) is 20.5. The average molecular weight is 450 g/mol. The first-order valence-electron chi connectivity index (χ1n) is 12.4. The van der Waals surface area contributed by atoms with Crippen LogP contribution in [0.3, 0.4) is 0 Å². The smallest absolute Gasteiger partial charge is 0.311 e. The number of nitrogens with one attached hydrogen (secondary N) is 1. The van der Waals surface area contributed by atoms with Crippen molar-refractivity contribution < 1.29 is 13.9 Å². The predicted molar refractivity (Wildman–Crippen MR) is 131 cm³/mol. The van der Waals surface area contributed by atoms with Gasteiger partial charge in [0.1, 0.15) is 5.76 Å². The standard InChI is InChI=1S/C29H39NO3/c1-21-11-14-26-28(2,16-8-17-29(26,3)27(31)32-4)24(21)13-12-23-15-18-33-25(23)20-30-19-22-9-6-5-7-10-22/h5-7,9-10,15,18,24,26,30H,1,8,11-14,16-17,19-20H2,2-4H3/t24-,26+,28-,29+/m0/s1. The topological polar surface area (TPSA) is 51.5 Å². The molecule has 0 aliphatic heterocycles. The number of ether oxygens (including phenoxy) is 1. The zero-order chi connectivity index (χ0) is 23.5. The molecular weight excluding hydrogens is 410 g/mol. The highest BCUT2D eigenvalue weighted by molar-refractivity contribution is 5.77. The molecule has 0 radical (unpaired) electrons. The van der Waals surface area contributed by atoms with Crippen molar-refractivity contribution in [2.45, 2.75) is 71.9 Å². The molecule has 2 saturated carbocycles. The molecule has 0 spiro atoms. The Labute approximate surface area is 198 Å². The Morgan fingerprint density at radius 3 is 2.73 bits per heavy atom. The summed E-state index contributed by atoms with van der Waals surface area (Å²) in [6.45, 7) is 10.6. The molecule has 0 unspecified atom stereocenters. The second-order valence-electron chi connectivity index (χ2n) is 10.6. The second kappa shape index (κ2) is 9.89. The number of allylic oxidation sites excluding steroid dienone is 1. The van der Waals surface area contributed by atoms with E-state index in [1.165, 1.54) is 23.8 Å². The van der Waals surface area contributed by atoms with Crippen LogP contribution in [0.5, 0.6) is 0 Å². The highest BCUT2D eigenvalue weighted by Gasteiger charge is 2.57. The molecule has 0 saturated heterocycles. The molecule has 2 aliphatic carbocycles. The van der Waals surface area contributed by atoms with Gasteiger partial charge in [-0.3, -0.25) is 4.79 Å². The lowest BCUT2D eigenvalue weighted by Gasteiger charge is -2.57. The van der Waals surface area contributed by atoms with Crippen LogP contribution in [0.2, 0.25) is 0 Å². The van der Waals surface area contributed by atoms with E-state index in [4.69, 9.17) is 9.15 Å². The number of benzene rings is 1. The van der Waals surface area contributed by atoms with Crippen LogP contribution in [0.1, 0.15) is 69.3 Å².